The van der Waals surface area contributed by atoms with Gasteiger partial charge in [-0.25, -0.2) is 62.8 Å². The maximum atomic E-state index is 13.3. The number of carbonyl (C=O) groups excluding carboxylic acids is 1. The summed E-state index contributed by atoms with van der Waals surface area (Å²) in [4.78, 5) is 23.4. The Balaban J connectivity index is 0.000000242. The number of rotatable bonds is 8. The molecule has 4 fully saturated rings. The van der Waals surface area contributed by atoms with Gasteiger partial charge in [-0.15, -0.1) is 0 Å². The molecule has 12 rings (SSSR count). The second-order valence-electron chi connectivity index (χ2n) is 20.9. The number of hydrogen-bond acceptors (Lipinski definition) is 16. The number of fused-ring (bicyclic) bond motifs is 3. The Labute approximate surface area is 643 Å². The second kappa shape index (κ2) is 29.5. The van der Waals surface area contributed by atoms with Crippen LogP contribution < -0.4 is 175 Å². The number of halogens is 9. The van der Waals surface area contributed by atoms with Crippen molar-refractivity contribution >= 4 is 123 Å². The molecule has 7 heterocycles. The van der Waals surface area contributed by atoms with Crippen molar-refractivity contribution in [3.8, 4) is 23.4 Å². The van der Waals surface area contributed by atoms with Crippen LogP contribution in [0.2, 0.25) is 10.3 Å². The molecule has 0 radical (unpaired) electrons. The van der Waals surface area contributed by atoms with E-state index in [9.17, 15) is 56.9 Å². The summed E-state index contributed by atoms with van der Waals surface area (Å²) < 4.78 is 167. The van der Waals surface area contributed by atoms with E-state index < -0.39 is 67.3 Å². The van der Waals surface area contributed by atoms with Gasteiger partial charge in [-0.2, -0.15) is 35.8 Å². The SMILES string of the molecule is CC1(C)OB(c2ccccc2C#N)OC1(C)C.CN1c2nc(-c3ccccc3C#N)ccc2N(CC2CC2(F)F)S1(=O)=O.CN1c2nc(Cl)ccc2N(CC2CC2(F)F)S1(=O)=O.CN1c2nc(Cl)ccc2NS1(=O)=O.FC1(F)CC1CBr.O=CO[O-].[Cs+].[Cs+].[H-]. The second-order valence-corrected chi connectivity index (χ2v) is 27.8. The summed E-state index contributed by atoms with van der Waals surface area (Å²) in [6.45, 7) is 7.31. The number of aromatic nitrogens is 3. The van der Waals surface area contributed by atoms with E-state index in [4.69, 9.17) is 47.8 Å². The van der Waals surface area contributed by atoms with E-state index >= 15 is 0 Å². The van der Waals surface area contributed by atoms with Crippen LogP contribution in [0.25, 0.3) is 11.3 Å². The monoisotopic (exact) mass is 1630 g/mol. The summed E-state index contributed by atoms with van der Waals surface area (Å²) in [5.74, 6) is -9.53. The van der Waals surface area contributed by atoms with Crippen LogP contribution in [0.5, 0.6) is 0 Å². The zero-order valence-corrected chi connectivity index (χ0v) is 66.4. The molecule has 3 unspecified atom stereocenters. The van der Waals surface area contributed by atoms with Crippen LogP contribution in [0.4, 0.5) is 60.9 Å². The maximum Gasteiger partial charge on any atom is 1.00 e. The summed E-state index contributed by atoms with van der Waals surface area (Å²) in [5, 5.41) is 27.6. The molecule has 0 spiro atoms. The van der Waals surface area contributed by atoms with Gasteiger partial charge in [0.25, 0.3) is 24.2 Å². The van der Waals surface area contributed by atoms with E-state index in [1.54, 1.807) is 48.5 Å². The van der Waals surface area contributed by atoms with Crippen molar-refractivity contribution in [2.45, 2.75) is 75.9 Å². The number of benzene rings is 2. The van der Waals surface area contributed by atoms with E-state index in [0.717, 1.165) is 27.0 Å². The fraction of sp³-hybridized carbons (Fsp3) is 0.412. The normalized spacial score (nSPS) is 22.1. The van der Waals surface area contributed by atoms with Gasteiger partial charge in [0.2, 0.25) is 0 Å². The zero-order valence-electron chi connectivity index (χ0n) is 49.3. The van der Waals surface area contributed by atoms with Crippen LogP contribution >= 0.6 is 39.1 Å². The van der Waals surface area contributed by atoms with Crippen LogP contribution in [0, 0.1) is 40.4 Å². The van der Waals surface area contributed by atoms with E-state index in [0.29, 0.717) is 39.2 Å². The van der Waals surface area contributed by atoms with Gasteiger partial charge in [0, 0.05) is 87.6 Å². The molecule has 4 aliphatic heterocycles. The van der Waals surface area contributed by atoms with E-state index in [1.807, 2.05) is 45.9 Å². The first-order valence-electron chi connectivity index (χ1n) is 25.3. The molecular weight excluding hydrogens is 1580 g/mol. The third-order valence-electron chi connectivity index (χ3n) is 14.6. The molecule has 3 aromatic heterocycles. The summed E-state index contributed by atoms with van der Waals surface area (Å²) in [6, 6.07) is 27.6. The van der Waals surface area contributed by atoms with E-state index in [-0.39, 0.29) is 228 Å². The van der Waals surface area contributed by atoms with E-state index in [1.165, 1.54) is 39.3 Å². The molecule has 464 valence electrons. The molecule has 1 N–H and O–H groups in total. The van der Waals surface area contributed by atoms with Crippen LogP contribution in [0.15, 0.2) is 84.9 Å². The van der Waals surface area contributed by atoms with Gasteiger partial charge >= 0.3 is 176 Å². The van der Waals surface area contributed by atoms with Crippen molar-refractivity contribution in [2.24, 2.45) is 17.8 Å². The van der Waals surface area contributed by atoms with Crippen LogP contribution in [-0.4, -0.2) is 122 Å². The van der Waals surface area contributed by atoms with Crippen LogP contribution in [-0.2, 0) is 49.6 Å². The number of nitrogens with one attached hydrogen (secondary N) is 1. The third-order valence-corrected chi connectivity index (χ3v) is 20.7. The standard InChI is InChI=1S/C17H14F2N4O2S.C13H16BNO2.C10H10ClF2N3O2S.C6H6ClN3O2S.C4H5BrF2.CH2O3.2Cs.H/c1-22-16-15(23(26(22,24)25)10-12-8-17(12,18)19)7-6-14(21-16)13-5-3-2-4-11(13)9-20;1-12(2)13(3,4)17-14(16-12)11-8-6-5-7-10(11)9-15;1-15-9-7(2-3-8(11)14-9)16(19(15,17)18)5-6-4-10(6,12)13;1-10-6-4(9-13(10,11)12)2-3-5(7)8-6;5-2-3-1-4(3,6)7;2-1-4-3;;;/h2-7,12H,8,10H2,1H3;5-8H,1-4H3;2-3,6H,4-5H2,1H3;2-3,9H,1H3;3H,1-2H2;1,3H;;;/q;;;;;;2*+1;-1/p-1. The Morgan fingerprint density at radius 3 is 1.52 bits per heavy atom. The van der Waals surface area contributed by atoms with Crippen molar-refractivity contribution in [1.29, 1.82) is 10.5 Å². The average Bonchev–Trinajstić information content (AvgIpc) is 1.60. The van der Waals surface area contributed by atoms with Gasteiger partial charge in [-0.3, -0.25) is 9.52 Å². The predicted octanol–water partition coefficient (Wildman–Crippen LogP) is 1.96. The molecule has 22 nitrogen and oxygen atoms in total. The van der Waals surface area contributed by atoms with Gasteiger partial charge < -0.3 is 20.9 Å². The van der Waals surface area contributed by atoms with Crippen molar-refractivity contribution in [3.63, 3.8) is 0 Å². The molecular formula is C51H53BBrCl2Cs2F6N11O11S3. The van der Waals surface area contributed by atoms with E-state index in [2.05, 4.69) is 52.6 Å². The van der Waals surface area contributed by atoms with Crippen molar-refractivity contribution in [2.75, 3.05) is 65.8 Å². The van der Waals surface area contributed by atoms with Gasteiger partial charge in [0.15, 0.2) is 17.5 Å². The molecule has 37 heteroatoms. The maximum absolute atomic E-state index is 13.3. The molecule has 3 saturated carbocycles. The van der Waals surface area contributed by atoms with Gasteiger partial charge in [-0.1, -0.05) is 75.5 Å². The first-order chi connectivity index (χ1) is 39.9. The third kappa shape index (κ3) is 17.1. The van der Waals surface area contributed by atoms with Gasteiger partial charge in [0.05, 0.1) is 57.2 Å². The number of nitriles is 2. The minimum Gasteiger partial charge on any atom is -1.00 e. The molecule has 3 aliphatic carbocycles. The topological polar surface area (TPSA) is 285 Å². The number of hydrogen-bond donors (Lipinski definition) is 1. The minimum atomic E-state index is -3.94. The number of carbonyl (C=O) groups is 1. The molecule has 88 heavy (non-hydrogen) atoms. The van der Waals surface area contributed by atoms with Crippen molar-refractivity contribution < 1.29 is 215 Å². The Bertz CT molecular complexity index is 3850. The van der Waals surface area contributed by atoms with Gasteiger partial charge in [0.1, 0.15) is 10.3 Å². The predicted molar refractivity (Wildman–Crippen MR) is 311 cm³/mol. The molecule has 3 atom stereocenters. The summed E-state index contributed by atoms with van der Waals surface area (Å²) in [5.41, 5.74) is 3.10. The number of anilines is 6. The fourth-order valence-corrected chi connectivity index (χ4v) is 13.2. The molecule has 0 bridgehead atoms. The first kappa shape index (κ1) is 76.4. The van der Waals surface area contributed by atoms with Crippen molar-refractivity contribution in [1.82, 2.24) is 15.0 Å². The Hall–Kier alpha value is -2.32. The zero-order chi connectivity index (χ0) is 63.9. The summed E-state index contributed by atoms with van der Waals surface area (Å²) in [7, 11) is -7.60. The van der Waals surface area contributed by atoms with Crippen LogP contribution in [0.3, 0.4) is 0 Å². The minimum absolute atomic E-state index is 0. The summed E-state index contributed by atoms with van der Waals surface area (Å²) in [6.07, 6.45) is -0.504. The molecule has 1 saturated heterocycles. The molecule has 0 amide bonds. The Kier molecular flexibility index (Phi) is 25.6. The van der Waals surface area contributed by atoms with Gasteiger partial charge in [-0.05, 0) is 76.2 Å². The number of alkyl halides is 7. The quantitative estimate of drug-likeness (QED) is 0.0442. The molecule has 5 aromatic rings. The number of nitrogens with zero attached hydrogens (tertiary/aromatic N) is 10. The summed E-state index contributed by atoms with van der Waals surface area (Å²) >= 11 is 14.3. The Morgan fingerprint density at radius 2 is 1.09 bits per heavy atom. The van der Waals surface area contributed by atoms with Crippen molar-refractivity contribution in [3.05, 3.63) is 106 Å². The largest absolute Gasteiger partial charge is 1.00 e. The number of pyridine rings is 3. The molecule has 7 aliphatic rings. The smallest absolute Gasteiger partial charge is 1.00 e. The van der Waals surface area contributed by atoms with Crippen LogP contribution in [0.1, 0.15) is 59.5 Å². The first-order valence-corrected chi connectivity index (χ1v) is 31.5. The average molecular weight is 1630 g/mol. The fourth-order valence-electron chi connectivity index (χ4n) is 8.43. The molecule has 2 aromatic carbocycles. The Morgan fingerprint density at radius 1 is 0.682 bits per heavy atom.